The maximum atomic E-state index is 11.5. The van der Waals surface area contributed by atoms with Crippen LogP contribution in [-0.4, -0.2) is 33.9 Å². The lowest BCUT2D eigenvalue weighted by atomic mass is 10.2. The summed E-state index contributed by atoms with van der Waals surface area (Å²) < 4.78 is 7.26. The van der Waals surface area contributed by atoms with Crippen LogP contribution in [0.3, 0.4) is 0 Å². The highest BCUT2D eigenvalue weighted by Gasteiger charge is 2.06. The fraction of sp³-hybridized carbons (Fsp3) is 0.250. The Labute approximate surface area is 132 Å². The highest BCUT2D eigenvalue weighted by molar-refractivity contribution is 5.77. The van der Waals surface area contributed by atoms with Gasteiger partial charge in [-0.25, -0.2) is 0 Å². The molecule has 1 amide bonds. The topological polar surface area (TPSA) is 92.3 Å². The Hall–Kier alpha value is -2.80. The summed E-state index contributed by atoms with van der Waals surface area (Å²) in [5, 5.41) is 19.6. The van der Waals surface area contributed by atoms with Crippen molar-refractivity contribution in [2.24, 2.45) is 0 Å². The molecule has 7 nitrogen and oxygen atoms in total. The zero-order chi connectivity index (χ0) is 16.1. The van der Waals surface area contributed by atoms with E-state index in [-0.39, 0.29) is 25.6 Å². The molecule has 0 saturated heterocycles. The molecule has 7 heteroatoms. The van der Waals surface area contributed by atoms with E-state index in [2.05, 4.69) is 15.7 Å². The Kier molecular flexibility index (Phi) is 4.58. The first kappa shape index (κ1) is 15.1. The third-order valence-electron chi connectivity index (χ3n) is 3.32. The molecular formula is C16H18N4O3. The van der Waals surface area contributed by atoms with E-state index >= 15 is 0 Å². The first-order valence-corrected chi connectivity index (χ1v) is 7.36. The number of rotatable bonds is 7. The van der Waals surface area contributed by atoms with E-state index in [1.165, 1.54) is 4.68 Å². The van der Waals surface area contributed by atoms with Crippen LogP contribution in [0.2, 0.25) is 0 Å². The van der Waals surface area contributed by atoms with Crippen molar-refractivity contribution in [2.45, 2.75) is 13.1 Å². The summed E-state index contributed by atoms with van der Waals surface area (Å²) in [5.74, 6) is 0.644. The predicted molar refractivity (Wildman–Crippen MR) is 85.9 cm³/mol. The van der Waals surface area contributed by atoms with Gasteiger partial charge in [-0.3, -0.25) is 9.48 Å². The third-order valence-corrected chi connectivity index (χ3v) is 3.32. The number of para-hydroxylation sites is 1. The summed E-state index contributed by atoms with van der Waals surface area (Å²) in [7, 11) is 0. The molecule has 120 valence electrons. The third kappa shape index (κ3) is 3.89. The van der Waals surface area contributed by atoms with Crippen LogP contribution in [0.1, 0.15) is 5.76 Å². The minimum absolute atomic E-state index is 0.0743. The van der Waals surface area contributed by atoms with Gasteiger partial charge in [0.1, 0.15) is 17.9 Å². The Balaban J connectivity index is 1.55. The number of carbonyl (C=O) groups excluding carboxylic acids is 1. The summed E-state index contributed by atoms with van der Waals surface area (Å²) in [4.78, 5) is 11.5. The van der Waals surface area contributed by atoms with E-state index in [4.69, 9.17) is 9.52 Å². The molecule has 3 N–H and O–H groups in total. The molecule has 0 unspecified atom stereocenters. The minimum Gasteiger partial charge on any atom is -0.459 e. The maximum absolute atomic E-state index is 11.5. The van der Waals surface area contributed by atoms with Gasteiger partial charge in [-0.15, -0.1) is 0 Å². The van der Waals surface area contributed by atoms with Crippen LogP contribution in [0.25, 0.3) is 11.0 Å². The lowest BCUT2D eigenvalue weighted by Gasteiger charge is -2.03. The Morgan fingerprint density at radius 2 is 2.22 bits per heavy atom. The van der Waals surface area contributed by atoms with E-state index in [9.17, 15) is 4.79 Å². The summed E-state index contributed by atoms with van der Waals surface area (Å²) in [6.45, 7) is 0.829. The number of furan rings is 1. The quantitative estimate of drug-likeness (QED) is 0.612. The Morgan fingerprint density at radius 3 is 3.04 bits per heavy atom. The van der Waals surface area contributed by atoms with E-state index in [0.29, 0.717) is 6.54 Å². The molecule has 0 aliphatic carbocycles. The summed E-state index contributed by atoms with van der Waals surface area (Å²) in [5.41, 5.74) is 1.67. The first-order valence-electron chi connectivity index (χ1n) is 7.36. The van der Waals surface area contributed by atoms with Crippen LogP contribution in [0.15, 0.2) is 47.1 Å². The van der Waals surface area contributed by atoms with Gasteiger partial charge >= 0.3 is 0 Å². The van der Waals surface area contributed by atoms with Gasteiger partial charge in [0, 0.05) is 18.1 Å². The Morgan fingerprint density at radius 1 is 1.35 bits per heavy atom. The van der Waals surface area contributed by atoms with E-state index in [1.54, 1.807) is 12.4 Å². The molecule has 0 bridgehead atoms. The van der Waals surface area contributed by atoms with Crippen molar-refractivity contribution in [3.63, 3.8) is 0 Å². The highest BCUT2D eigenvalue weighted by atomic mass is 16.3. The van der Waals surface area contributed by atoms with Gasteiger partial charge in [0.25, 0.3) is 0 Å². The van der Waals surface area contributed by atoms with Crippen LogP contribution >= 0.6 is 0 Å². The fourth-order valence-electron chi connectivity index (χ4n) is 2.25. The van der Waals surface area contributed by atoms with Crippen molar-refractivity contribution >= 4 is 22.6 Å². The van der Waals surface area contributed by atoms with Crippen molar-refractivity contribution < 1.29 is 14.3 Å². The zero-order valence-electron chi connectivity index (χ0n) is 12.5. The number of nitrogens with one attached hydrogen (secondary N) is 2. The number of benzene rings is 1. The second-order valence-corrected chi connectivity index (χ2v) is 5.10. The molecular weight excluding hydrogens is 296 g/mol. The van der Waals surface area contributed by atoms with Crippen molar-refractivity contribution in [1.82, 2.24) is 15.1 Å². The van der Waals surface area contributed by atoms with E-state index < -0.39 is 0 Å². The van der Waals surface area contributed by atoms with Crippen LogP contribution in [-0.2, 0) is 17.9 Å². The summed E-state index contributed by atoms with van der Waals surface area (Å²) >= 11 is 0. The SMILES string of the molecule is O=C(Cn1cc(NCc2cc3ccccc3o2)cn1)NCCO. The van der Waals surface area contributed by atoms with E-state index in [0.717, 1.165) is 22.4 Å². The Bertz CT molecular complexity index is 760. The molecule has 3 aromatic rings. The van der Waals surface area contributed by atoms with Gasteiger partial charge in [0.15, 0.2) is 0 Å². The number of hydrogen-bond acceptors (Lipinski definition) is 5. The normalized spacial score (nSPS) is 10.8. The molecule has 0 spiro atoms. The maximum Gasteiger partial charge on any atom is 0.241 e. The van der Waals surface area contributed by atoms with Gasteiger partial charge in [-0.05, 0) is 12.1 Å². The van der Waals surface area contributed by atoms with Crippen molar-refractivity contribution in [1.29, 1.82) is 0 Å². The first-order chi connectivity index (χ1) is 11.2. The van der Waals surface area contributed by atoms with Crippen LogP contribution in [0.5, 0.6) is 0 Å². The second-order valence-electron chi connectivity index (χ2n) is 5.10. The molecule has 2 aromatic heterocycles. The predicted octanol–water partition coefficient (Wildman–Crippen LogP) is 1.35. The number of amides is 1. The minimum atomic E-state index is -0.189. The molecule has 0 aliphatic heterocycles. The lowest BCUT2D eigenvalue weighted by Crippen LogP contribution is -2.30. The van der Waals surface area contributed by atoms with E-state index in [1.807, 2.05) is 30.3 Å². The standard InChI is InChI=1S/C16H18N4O3/c21-6-5-17-16(22)11-20-10-13(8-19-20)18-9-14-7-12-3-1-2-4-15(12)23-14/h1-4,7-8,10,18,21H,5-6,9,11H2,(H,17,22). The second kappa shape index (κ2) is 6.97. The van der Waals surface area contributed by atoms with Gasteiger partial charge in [0.05, 0.1) is 25.0 Å². The van der Waals surface area contributed by atoms with Crippen molar-refractivity contribution in [3.05, 3.63) is 48.5 Å². The number of hydrogen-bond donors (Lipinski definition) is 3. The monoisotopic (exact) mass is 314 g/mol. The van der Waals surface area contributed by atoms with Gasteiger partial charge in [-0.2, -0.15) is 5.10 Å². The molecule has 0 radical (unpaired) electrons. The molecule has 23 heavy (non-hydrogen) atoms. The van der Waals surface area contributed by atoms with Crippen molar-refractivity contribution in [3.8, 4) is 0 Å². The molecule has 0 aliphatic rings. The average molecular weight is 314 g/mol. The van der Waals surface area contributed by atoms with Crippen molar-refractivity contribution in [2.75, 3.05) is 18.5 Å². The zero-order valence-corrected chi connectivity index (χ0v) is 12.5. The molecule has 3 rings (SSSR count). The number of nitrogens with zero attached hydrogens (tertiary/aromatic N) is 2. The van der Waals surface area contributed by atoms with Gasteiger partial charge < -0.3 is 20.2 Å². The number of aromatic nitrogens is 2. The lowest BCUT2D eigenvalue weighted by molar-refractivity contribution is -0.122. The number of aliphatic hydroxyl groups is 1. The van der Waals surface area contributed by atoms with Crippen LogP contribution in [0, 0.1) is 0 Å². The largest absolute Gasteiger partial charge is 0.459 e. The summed E-state index contributed by atoms with van der Waals surface area (Å²) in [6, 6.07) is 9.85. The number of aliphatic hydroxyl groups excluding tert-OH is 1. The number of carbonyl (C=O) groups is 1. The number of fused-ring (bicyclic) bond motifs is 1. The van der Waals surface area contributed by atoms with Gasteiger partial charge in [0.2, 0.25) is 5.91 Å². The molecule has 2 heterocycles. The van der Waals surface area contributed by atoms with Crippen LogP contribution in [0.4, 0.5) is 5.69 Å². The number of anilines is 1. The summed E-state index contributed by atoms with van der Waals surface area (Å²) in [6.07, 6.45) is 3.41. The smallest absolute Gasteiger partial charge is 0.241 e. The molecule has 1 aromatic carbocycles. The highest BCUT2D eigenvalue weighted by Crippen LogP contribution is 2.19. The fourth-order valence-corrected chi connectivity index (χ4v) is 2.25. The molecule has 0 atom stereocenters. The van der Waals surface area contributed by atoms with Crippen LogP contribution < -0.4 is 10.6 Å². The molecule has 0 saturated carbocycles. The van der Waals surface area contributed by atoms with Gasteiger partial charge in [-0.1, -0.05) is 18.2 Å². The average Bonchev–Trinajstić information content (AvgIpc) is 3.16. The molecule has 0 fully saturated rings.